The van der Waals surface area contributed by atoms with Gasteiger partial charge in [-0.05, 0) is 48.9 Å². The molecular weight excluding hydrogens is 292 g/mol. The second-order valence-corrected chi connectivity index (χ2v) is 5.94. The standard InChI is InChI=1S/C13H16N4O3S/c1-8-6-9(14)2-4-11(8)16-17-12-5-3-10(15)7-13(12)21(18,19)20/h2-7,16-17H,14-15H2,1H3,(H,18,19,20). The van der Waals surface area contributed by atoms with Crippen molar-refractivity contribution in [1.82, 2.24) is 0 Å². The number of hydrazine groups is 1. The highest BCUT2D eigenvalue weighted by atomic mass is 32.2. The summed E-state index contributed by atoms with van der Waals surface area (Å²) >= 11 is 0. The minimum absolute atomic E-state index is 0.183. The first-order valence-electron chi connectivity index (χ1n) is 6.02. The topological polar surface area (TPSA) is 130 Å². The smallest absolute Gasteiger partial charge is 0.296 e. The molecular formula is C13H16N4O3S. The maximum absolute atomic E-state index is 11.3. The Balaban J connectivity index is 2.28. The summed E-state index contributed by atoms with van der Waals surface area (Å²) in [5.74, 6) is 0. The number of nitrogens with one attached hydrogen (secondary N) is 2. The lowest BCUT2D eigenvalue weighted by Gasteiger charge is -2.15. The van der Waals surface area contributed by atoms with Crippen molar-refractivity contribution in [3.63, 3.8) is 0 Å². The molecule has 0 saturated heterocycles. The van der Waals surface area contributed by atoms with E-state index in [1.54, 1.807) is 18.2 Å². The molecule has 0 aliphatic heterocycles. The van der Waals surface area contributed by atoms with Crippen molar-refractivity contribution in [3.8, 4) is 0 Å². The van der Waals surface area contributed by atoms with Gasteiger partial charge < -0.3 is 16.9 Å². The first-order valence-corrected chi connectivity index (χ1v) is 7.46. The van der Waals surface area contributed by atoms with E-state index in [2.05, 4.69) is 10.9 Å². The maximum Gasteiger partial charge on any atom is 0.296 e. The predicted octanol–water partition coefficient (Wildman–Crippen LogP) is 1.85. The summed E-state index contributed by atoms with van der Waals surface area (Å²) in [6, 6.07) is 9.39. The molecule has 112 valence electrons. The molecule has 0 atom stereocenters. The van der Waals surface area contributed by atoms with Crippen LogP contribution in [0, 0.1) is 6.92 Å². The molecule has 0 heterocycles. The van der Waals surface area contributed by atoms with Crippen molar-refractivity contribution in [2.24, 2.45) is 0 Å². The van der Waals surface area contributed by atoms with Gasteiger partial charge in [-0.2, -0.15) is 8.42 Å². The summed E-state index contributed by atoms with van der Waals surface area (Å²) in [4.78, 5) is -0.303. The number of hydrogen-bond acceptors (Lipinski definition) is 6. The average Bonchev–Trinajstić information content (AvgIpc) is 2.38. The average molecular weight is 308 g/mol. The van der Waals surface area contributed by atoms with E-state index in [-0.39, 0.29) is 16.3 Å². The van der Waals surface area contributed by atoms with Crippen molar-refractivity contribution in [1.29, 1.82) is 0 Å². The second kappa shape index (κ2) is 5.51. The maximum atomic E-state index is 11.3. The number of benzene rings is 2. The molecule has 2 aromatic rings. The van der Waals surface area contributed by atoms with E-state index >= 15 is 0 Å². The molecule has 0 unspecified atom stereocenters. The van der Waals surface area contributed by atoms with Gasteiger partial charge in [-0.1, -0.05) is 0 Å². The lowest BCUT2D eigenvalue weighted by atomic mass is 10.2. The van der Waals surface area contributed by atoms with E-state index in [1.807, 2.05) is 6.92 Å². The molecule has 0 amide bonds. The van der Waals surface area contributed by atoms with Crippen LogP contribution < -0.4 is 22.3 Å². The van der Waals surface area contributed by atoms with Crippen LogP contribution in [-0.4, -0.2) is 13.0 Å². The summed E-state index contributed by atoms with van der Waals surface area (Å²) < 4.78 is 31.9. The van der Waals surface area contributed by atoms with Crippen LogP contribution in [0.5, 0.6) is 0 Å². The van der Waals surface area contributed by atoms with Gasteiger partial charge in [0.1, 0.15) is 4.90 Å². The number of anilines is 4. The molecule has 0 saturated carbocycles. The van der Waals surface area contributed by atoms with Crippen LogP contribution in [0.2, 0.25) is 0 Å². The number of aryl methyl sites for hydroxylation is 1. The van der Waals surface area contributed by atoms with E-state index in [1.165, 1.54) is 18.2 Å². The molecule has 0 radical (unpaired) electrons. The molecule has 2 rings (SSSR count). The van der Waals surface area contributed by atoms with Gasteiger partial charge in [0, 0.05) is 11.4 Å². The molecule has 2 aromatic carbocycles. The molecule has 0 spiro atoms. The highest BCUT2D eigenvalue weighted by molar-refractivity contribution is 7.86. The Labute approximate surface area is 122 Å². The summed E-state index contributed by atoms with van der Waals surface area (Å²) in [5, 5.41) is 0. The van der Waals surface area contributed by atoms with Crippen LogP contribution >= 0.6 is 0 Å². The van der Waals surface area contributed by atoms with Crippen molar-refractivity contribution < 1.29 is 13.0 Å². The minimum atomic E-state index is -4.38. The second-order valence-electron chi connectivity index (χ2n) is 4.56. The fourth-order valence-electron chi connectivity index (χ4n) is 1.82. The van der Waals surface area contributed by atoms with Gasteiger partial charge >= 0.3 is 0 Å². The Morgan fingerprint density at radius 3 is 2.05 bits per heavy atom. The van der Waals surface area contributed by atoms with Crippen LogP contribution in [0.4, 0.5) is 22.7 Å². The molecule has 0 aliphatic rings. The van der Waals surface area contributed by atoms with E-state index in [9.17, 15) is 13.0 Å². The zero-order valence-corrected chi connectivity index (χ0v) is 12.1. The molecule has 0 bridgehead atoms. The minimum Gasteiger partial charge on any atom is -0.399 e. The number of rotatable bonds is 4. The van der Waals surface area contributed by atoms with Crippen molar-refractivity contribution in [3.05, 3.63) is 42.0 Å². The third-order valence-corrected chi connectivity index (χ3v) is 3.76. The third-order valence-electron chi connectivity index (χ3n) is 2.87. The van der Waals surface area contributed by atoms with Crippen molar-refractivity contribution in [2.75, 3.05) is 22.3 Å². The van der Waals surface area contributed by atoms with Crippen LogP contribution in [0.15, 0.2) is 41.3 Å². The van der Waals surface area contributed by atoms with E-state index in [0.29, 0.717) is 5.69 Å². The number of nitrogens with two attached hydrogens (primary N) is 2. The predicted molar refractivity (Wildman–Crippen MR) is 83.5 cm³/mol. The summed E-state index contributed by atoms with van der Waals surface area (Å²) in [7, 11) is -4.38. The normalized spacial score (nSPS) is 11.1. The van der Waals surface area contributed by atoms with Crippen LogP contribution in [-0.2, 0) is 10.1 Å². The molecule has 7 N–H and O–H groups in total. The first kappa shape index (κ1) is 14.9. The summed E-state index contributed by atoms with van der Waals surface area (Å²) in [6.07, 6.45) is 0. The van der Waals surface area contributed by atoms with Gasteiger partial charge in [0.15, 0.2) is 0 Å². The van der Waals surface area contributed by atoms with Crippen LogP contribution in [0.1, 0.15) is 5.56 Å². The monoisotopic (exact) mass is 308 g/mol. The van der Waals surface area contributed by atoms with Crippen molar-refractivity contribution >= 4 is 32.9 Å². The lowest BCUT2D eigenvalue weighted by molar-refractivity contribution is 0.483. The van der Waals surface area contributed by atoms with E-state index < -0.39 is 10.1 Å². The Bertz CT molecular complexity index is 775. The Hall–Kier alpha value is -2.45. The highest BCUT2D eigenvalue weighted by Crippen LogP contribution is 2.25. The third kappa shape index (κ3) is 3.56. The Kier molecular flexibility index (Phi) is 3.92. The van der Waals surface area contributed by atoms with Gasteiger partial charge in [-0.3, -0.25) is 9.98 Å². The van der Waals surface area contributed by atoms with Gasteiger partial charge in [0.05, 0.1) is 11.4 Å². The molecule has 7 nitrogen and oxygen atoms in total. The number of nitrogen functional groups attached to an aromatic ring is 2. The van der Waals surface area contributed by atoms with E-state index in [4.69, 9.17) is 11.5 Å². The molecule has 8 heteroatoms. The number of hydrogen-bond donors (Lipinski definition) is 5. The zero-order chi connectivity index (χ0) is 15.6. The fraction of sp³-hybridized carbons (Fsp3) is 0.0769. The fourth-order valence-corrected chi connectivity index (χ4v) is 2.50. The van der Waals surface area contributed by atoms with Gasteiger partial charge in [-0.25, -0.2) is 0 Å². The van der Waals surface area contributed by atoms with Gasteiger partial charge in [0.2, 0.25) is 0 Å². The van der Waals surface area contributed by atoms with E-state index in [0.717, 1.165) is 11.3 Å². The summed E-state index contributed by atoms with van der Waals surface area (Å²) in [5.41, 5.74) is 19.4. The Morgan fingerprint density at radius 2 is 1.48 bits per heavy atom. The van der Waals surface area contributed by atoms with Crippen LogP contribution in [0.25, 0.3) is 0 Å². The molecule has 0 aromatic heterocycles. The van der Waals surface area contributed by atoms with Crippen molar-refractivity contribution in [2.45, 2.75) is 11.8 Å². The quantitative estimate of drug-likeness (QED) is 0.331. The zero-order valence-electron chi connectivity index (χ0n) is 11.3. The molecule has 21 heavy (non-hydrogen) atoms. The van der Waals surface area contributed by atoms with Gasteiger partial charge in [0.25, 0.3) is 10.1 Å². The van der Waals surface area contributed by atoms with Crippen LogP contribution in [0.3, 0.4) is 0 Å². The lowest BCUT2D eigenvalue weighted by Crippen LogP contribution is -2.13. The molecule has 0 fully saturated rings. The summed E-state index contributed by atoms with van der Waals surface area (Å²) in [6.45, 7) is 1.85. The Morgan fingerprint density at radius 1 is 0.952 bits per heavy atom. The van der Waals surface area contributed by atoms with Gasteiger partial charge in [-0.15, -0.1) is 0 Å². The SMILES string of the molecule is Cc1cc(N)ccc1NNc1ccc(N)cc1S(=O)(=O)O. The molecule has 0 aliphatic carbocycles. The largest absolute Gasteiger partial charge is 0.399 e. The highest BCUT2D eigenvalue weighted by Gasteiger charge is 2.16. The first-order chi connectivity index (χ1) is 9.77.